The lowest BCUT2D eigenvalue weighted by atomic mass is 10.1. The molecule has 2 aromatic carbocycles. The second-order valence-electron chi connectivity index (χ2n) is 4.96. The maximum Gasteiger partial charge on any atom is 0.308 e. The molecule has 0 spiro atoms. The number of nitrogen functional groups attached to an aromatic ring is 1. The van der Waals surface area contributed by atoms with Gasteiger partial charge in [-0.15, -0.1) is 0 Å². The Morgan fingerprint density at radius 3 is 2.45 bits per heavy atom. The molecule has 0 bridgehead atoms. The van der Waals surface area contributed by atoms with E-state index in [2.05, 4.69) is 5.32 Å². The first-order chi connectivity index (χ1) is 10.5. The van der Waals surface area contributed by atoms with E-state index in [1.165, 1.54) is 19.1 Å². The van der Waals surface area contributed by atoms with Gasteiger partial charge in [0, 0.05) is 12.6 Å². The second-order valence-corrected chi connectivity index (χ2v) is 4.96. The Balaban J connectivity index is 2.22. The molecule has 5 nitrogen and oxygen atoms in total. The van der Waals surface area contributed by atoms with E-state index >= 15 is 0 Å². The van der Waals surface area contributed by atoms with Gasteiger partial charge in [0.2, 0.25) is 0 Å². The highest BCUT2D eigenvalue weighted by Crippen LogP contribution is 2.23. The van der Waals surface area contributed by atoms with Crippen LogP contribution in [0.1, 0.15) is 35.8 Å². The fourth-order valence-corrected chi connectivity index (χ4v) is 2.07. The zero-order chi connectivity index (χ0) is 16.1. The smallest absolute Gasteiger partial charge is 0.308 e. The Hall–Kier alpha value is -2.82. The predicted octanol–water partition coefficient (Wildman–Crippen LogP) is 2.69. The molecule has 1 atom stereocenters. The van der Waals surface area contributed by atoms with Crippen molar-refractivity contribution in [1.82, 2.24) is 5.32 Å². The Morgan fingerprint density at radius 1 is 1.14 bits per heavy atom. The van der Waals surface area contributed by atoms with Gasteiger partial charge in [-0.25, -0.2) is 0 Å². The summed E-state index contributed by atoms with van der Waals surface area (Å²) >= 11 is 0. The predicted molar refractivity (Wildman–Crippen MR) is 84.5 cm³/mol. The first-order valence-corrected chi connectivity index (χ1v) is 6.91. The molecule has 2 aromatic rings. The van der Waals surface area contributed by atoms with Crippen LogP contribution in [0, 0.1) is 0 Å². The summed E-state index contributed by atoms with van der Waals surface area (Å²) in [7, 11) is 0. The van der Waals surface area contributed by atoms with Crippen LogP contribution in [0.5, 0.6) is 5.75 Å². The average molecular weight is 298 g/mol. The number of esters is 1. The minimum atomic E-state index is -0.491. The van der Waals surface area contributed by atoms with Crippen molar-refractivity contribution >= 4 is 17.6 Å². The Labute approximate surface area is 129 Å². The first kappa shape index (κ1) is 15.6. The maximum atomic E-state index is 12.4. The van der Waals surface area contributed by atoms with E-state index in [0.29, 0.717) is 5.69 Å². The summed E-state index contributed by atoms with van der Waals surface area (Å²) in [5, 5.41) is 2.87. The Morgan fingerprint density at radius 2 is 1.82 bits per heavy atom. The summed E-state index contributed by atoms with van der Waals surface area (Å²) in [5.74, 6) is -0.644. The number of ether oxygens (including phenoxy) is 1. The summed E-state index contributed by atoms with van der Waals surface area (Å²) in [6, 6.07) is 14.0. The van der Waals surface area contributed by atoms with Gasteiger partial charge in [0.1, 0.15) is 5.75 Å². The van der Waals surface area contributed by atoms with Crippen LogP contribution in [-0.4, -0.2) is 11.9 Å². The third-order valence-electron chi connectivity index (χ3n) is 3.15. The summed E-state index contributed by atoms with van der Waals surface area (Å²) < 4.78 is 5.05. The monoisotopic (exact) mass is 298 g/mol. The van der Waals surface area contributed by atoms with Gasteiger partial charge in [-0.3, -0.25) is 9.59 Å². The fourth-order valence-electron chi connectivity index (χ4n) is 2.07. The van der Waals surface area contributed by atoms with Crippen LogP contribution in [0.4, 0.5) is 5.69 Å². The number of amides is 1. The molecule has 0 aliphatic carbocycles. The van der Waals surface area contributed by atoms with E-state index in [1.54, 1.807) is 6.07 Å². The topological polar surface area (TPSA) is 81.4 Å². The summed E-state index contributed by atoms with van der Waals surface area (Å²) in [5.41, 5.74) is 7.36. The van der Waals surface area contributed by atoms with Gasteiger partial charge in [-0.1, -0.05) is 30.3 Å². The third-order valence-corrected chi connectivity index (χ3v) is 3.15. The van der Waals surface area contributed by atoms with Gasteiger partial charge in [-0.05, 0) is 30.7 Å². The van der Waals surface area contributed by atoms with Crippen molar-refractivity contribution in [2.45, 2.75) is 19.9 Å². The molecule has 0 aliphatic heterocycles. The third kappa shape index (κ3) is 3.85. The largest absolute Gasteiger partial charge is 0.426 e. The van der Waals surface area contributed by atoms with Crippen LogP contribution in [0.25, 0.3) is 0 Å². The molecular weight excluding hydrogens is 280 g/mol. The molecular formula is C17H18N2O3. The second kappa shape index (κ2) is 6.76. The normalized spacial score (nSPS) is 11.5. The van der Waals surface area contributed by atoms with Crippen molar-refractivity contribution < 1.29 is 14.3 Å². The van der Waals surface area contributed by atoms with Crippen LogP contribution < -0.4 is 15.8 Å². The van der Waals surface area contributed by atoms with E-state index in [0.717, 1.165) is 5.56 Å². The number of carbonyl (C=O) groups is 2. The number of carbonyl (C=O) groups excluding carboxylic acids is 2. The standard InChI is InChI=1S/C17H18N2O3/c1-11(13-6-4-3-5-7-13)19-17(21)15-10-14(18)8-9-16(15)22-12(2)20/h3-11H,18H2,1-2H3,(H,19,21)/t11-/m0/s1. The zero-order valence-corrected chi connectivity index (χ0v) is 12.5. The lowest BCUT2D eigenvalue weighted by Crippen LogP contribution is -2.27. The highest BCUT2D eigenvalue weighted by Gasteiger charge is 2.17. The maximum absolute atomic E-state index is 12.4. The molecule has 1 amide bonds. The lowest BCUT2D eigenvalue weighted by molar-refractivity contribution is -0.131. The number of benzene rings is 2. The molecule has 22 heavy (non-hydrogen) atoms. The van der Waals surface area contributed by atoms with Crippen LogP contribution in [0.15, 0.2) is 48.5 Å². The van der Waals surface area contributed by atoms with Crippen LogP contribution in [0.2, 0.25) is 0 Å². The quantitative estimate of drug-likeness (QED) is 0.516. The number of nitrogens with one attached hydrogen (secondary N) is 1. The lowest BCUT2D eigenvalue weighted by Gasteiger charge is -2.16. The van der Waals surface area contributed by atoms with E-state index in [4.69, 9.17) is 10.5 Å². The summed E-state index contributed by atoms with van der Waals surface area (Å²) in [6.07, 6.45) is 0. The molecule has 0 heterocycles. The van der Waals surface area contributed by atoms with Crippen molar-refractivity contribution in [2.24, 2.45) is 0 Å². The Kier molecular flexibility index (Phi) is 4.78. The number of rotatable bonds is 4. The molecule has 0 saturated carbocycles. The van der Waals surface area contributed by atoms with Crippen LogP contribution in [-0.2, 0) is 4.79 Å². The van der Waals surface area contributed by atoms with Gasteiger partial charge in [-0.2, -0.15) is 0 Å². The SMILES string of the molecule is CC(=O)Oc1ccc(N)cc1C(=O)N[C@@H](C)c1ccccc1. The van der Waals surface area contributed by atoms with E-state index in [1.807, 2.05) is 37.3 Å². The molecule has 0 aliphatic rings. The molecule has 5 heteroatoms. The molecule has 0 fully saturated rings. The molecule has 0 unspecified atom stereocenters. The number of anilines is 1. The average Bonchev–Trinajstić information content (AvgIpc) is 2.49. The first-order valence-electron chi connectivity index (χ1n) is 6.91. The number of hydrogen-bond donors (Lipinski definition) is 2. The van der Waals surface area contributed by atoms with E-state index in [-0.39, 0.29) is 23.3 Å². The van der Waals surface area contributed by atoms with E-state index < -0.39 is 5.97 Å². The van der Waals surface area contributed by atoms with Gasteiger partial charge >= 0.3 is 5.97 Å². The zero-order valence-electron chi connectivity index (χ0n) is 12.5. The Bertz CT molecular complexity index is 684. The number of nitrogens with two attached hydrogens (primary N) is 1. The summed E-state index contributed by atoms with van der Waals surface area (Å²) in [4.78, 5) is 23.6. The molecule has 2 rings (SSSR count). The van der Waals surface area contributed by atoms with Crippen molar-refractivity contribution in [3.8, 4) is 5.75 Å². The van der Waals surface area contributed by atoms with Crippen molar-refractivity contribution in [3.63, 3.8) is 0 Å². The minimum absolute atomic E-state index is 0.180. The molecule has 0 aromatic heterocycles. The van der Waals surface area contributed by atoms with Gasteiger partial charge in [0.25, 0.3) is 5.91 Å². The van der Waals surface area contributed by atoms with Crippen LogP contribution in [0.3, 0.4) is 0 Å². The molecule has 3 N–H and O–H groups in total. The fraction of sp³-hybridized carbons (Fsp3) is 0.176. The van der Waals surface area contributed by atoms with Crippen molar-refractivity contribution in [3.05, 3.63) is 59.7 Å². The van der Waals surface area contributed by atoms with Gasteiger partial charge < -0.3 is 15.8 Å². The minimum Gasteiger partial charge on any atom is -0.426 e. The molecule has 0 radical (unpaired) electrons. The van der Waals surface area contributed by atoms with Crippen LogP contribution >= 0.6 is 0 Å². The van der Waals surface area contributed by atoms with E-state index in [9.17, 15) is 9.59 Å². The van der Waals surface area contributed by atoms with Crippen molar-refractivity contribution in [1.29, 1.82) is 0 Å². The van der Waals surface area contributed by atoms with Gasteiger partial charge in [0.05, 0.1) is 11.6 Å². The highest BCUT2D eigenvalue weighted by atomic mass is 16.5. The summed E-state index contributed by atoms with van der Waals surface area (Å²) in [6.45, 7) is 3.16. The van der Waals surface area contributed by atoms with Gasteiger partial charge in [0.15, 0.2) is 0 Å². The highest BCUT2D eigenvalue weighted by molar-refractivity contribution is 5.98. The molecule has 0 saturated heterocycles. The molecule has 114 valence electrons. The number of hydrogen-bond acceptors (Lipinski definition) is 4. The van der Waals surface area contributed by atoms with Crippen molar-refractivity contribution in [2.75, 3.05) is 5.73 Å².